The zero-order valence-corrected chi connectivity index (χ0v) is 10.3. The third-order valence-corrected chi connectivity index (χ3v) is 3.47. The number of rotatable bonds is 5. The number of alkyl halides is 2. The lowest BCUT2D eigenvalue weighted by molar-refractivity contribution is -0.153. The molecule has 1 rings (SSSR count). The Morgan fingerprint density at radius 2 is 1.72 bits per heavy atom. The highest BCUT2D eigenvalue weighted by Crippen LogP contribution is 2.38. The van der Waals surface area contributed by atoms with E-state index in [1.54, 1.807) is 0 Å². The number of carboxylic acids is 1. The van der Waals surface area contributed by atoms with Crippen LogP contribution in [0.3, 0.4) is 0 Å². The van der Waals surface area contributed by atoms with Crippen molar-refractivity contribution in [3.05, 3.63) is 0 Å². The van der Waals surface area contributed by atoms with Gasteiger partial charge in [-0.15, -0.1) is 0 Å². The number of hydrogen-bond donors (Lipinski definition) is 2. The Hall–Kier alpha value is -1.20. The van der Waals surface area contributed by atoms with E-state index in [1.165, 1.54) is 0 Å². The molecule has 4 nitrogen and oxygen atoms in total. The van der Waals surface area contributed by atoms with E-state index in [0.29, 0.717) is 12.8 Å². The minimum Gasteiger partial charge on any atom is -0.481 e. The van der Waals surface area contributed by atoms with Gasteiger partial charge in [-0.2, -0.15) is 0 Å². The molecule has 1 fully saturated rings. The molecule has 0 aromatic carbocycles. The molecule has 0 bridgehead atoms. The lowest BCUT2D eigenvalue weighted by Crippen LogP contribution is -2.38. The third kappa shape index (κ3) is 4.23. The van der Waals surface area contributed by atoms with E-state index < -0.39 is 30.3 Å². The zero-order chi connectivity index (χ0) is 13.6. The summed E-state index contributed by atoms with van der Waals surface area (Å²) in [5, 5.41) is 11.4. The summed E-state index contributed by atoms with van der Waals surface area (Å²) in [6.45, 7) is -0.714. The number of hydrogen-bond acceptors (Lipinski definition) is 2. The average molecular weight is 263 g/mol. The summed E-state index contributed by atoms with van der Waals surface area (Å²) in [6.07, 6.45) is 1.57. The van der Waals surface area contributed by atoms with Crippen molar-refractivity contribution in [2.45, 2.75) is 51.4 Å². The Balaban J connectivity index is 2.61. The van der Waals surface area contributed by atoms with Gasteiger partial charge in [0.15, 0.2) is 0 Å². The van der Waals surface area contributed by atoms with Gasteiger partial charge in [-0.1, -0.05) is 25.7 Å². The highest BCUT2D eigenvalue weighted by atomic mass is 19.3. The lowest BCUT2D eigenvalue weighted by Gasteiger charge is -2.27. The smallest absolute Gasteiger partial charge is 0.310 e. The number of nitrogens with one attached hydrogen (secondary N) is 1. The van der Waals surface area contributed by atoms with E-state index >= 15 is 0 Å². The van der Waals surface area contributed by atoms with Crippen LogP contribution in [-0.2, 0) is 9.59 Å². The summed E-state index contributed by atoms with van der Waals surface area (Å²) >= 11 is 0. The first-order valence-corrected chi connectivity index (χ1v) is 6.24. The Kier molecular flexibility index (Phi) is 5.50. The van der Waals surface area contributed by atoms with Crippen LogP contribution in [0.4, 0.5) is 8.78 Å². The average Bonchev–Trinajstić information content (AvgIpc) is 2.53. The second-order valence-electron chi connectivity index (χ2n) is 4.87. The maximum absolute atomic E-state index is 12.0. The molecular formula is C12H19F2NO3. The van der Waals surface area contributed by atoms with E-state index in [2.05, 4.69) is 5.32 Å². The van der Waals surface area contributed by atoms with Crippen molar-refractivity contribution in [2.24, 2.45) is 5.41 Å². The van der Waals surface area contributed by atoms with Crippen LogP contribution in [0.5, 0.6) is 0 Å². The normalized spacial score (nSPS) is 19.3. The van der Waals surface area contributed by atoms with Crippen molar-refractivity contribution >= 4 is 11.9 Å². The summed E-state index contributed by atoms with van der Waals surface area (Å²) in [7, 11) is 0. The second kappa shape index (κ2) is 6.66. The van der Waals surface area contributed by atoms with Crippen molar-refractivity contribution < 1.29 is 23.5 Å². The van der Waals surface area contributed by atoms with Gasteiger partial charge in [0.25, 0.3) is 6.43 Å². The molecule has 1 aliphatic rings. The van der Waals surface area contributed by atoms with E-state index in [1.807, 2.05) is 0 Å². The fourth-order valence-electron chi connectivity index (χ4n) is 2.43. The number of carboxylic acid groups (broad SMARTS) is 1. The standard InChI is InChI=1S/C12H19F2NO3/c13-9(14)8-15-10(16)7-12(11(17)18)5-3-1-2-4-6-12/h9H,1-8H2,(H,15,16)(H,17,18). The molecule has 104 valence electrons. The van der Waals surface area contributed by atoms with E-state index in [9.17, 15) is 23.5 Å². The molecule has 0 radical (unpaired) electrons. The van der Waals surface area contributed by atoms with Gasteiger partial charge >= 0.3 is 5.97 Å². The number of carbonyl (C=O) groups excluding carboxylic acids is 1. The molecule has 0 aromatic heterocycles. The van der Waals surface area contributed by atoms with Gasteiger partial charge in [0.1, 0.15) is 0 Å². The molecule has 1 amide bonds. The van der Waals surface area contributed by atoms with Crippen molar-refractivity contribution in [3.63, 3.8) is 0 Å². The molecule has 6 heteroatoms. The van der Waals surface area contributed by atoms with Crippen LogP contribution in [0.25, 0.3) is 0 Å². The molecule has 0 spiro atoms. The van der Waals surface area contributed by atoms with Crippen LogP contribution in [0.1, 0.15) is 44.9 Å². The fraction of sp³-hybridized carbons (Fsp3) is 0.833. The quantitative estimate of drug-likeness (QED) is 0.747. The Labute approximate surface area is 105 Å². The van der Waals surface area contributed by atoms with E-state index in [0.717, 1.165) is 25.7 Å². The van der Waals surface area contributed by atoms with Crippen LogP contribution in [0.15, 0.2) is 0 Å². The maximum Gasteiger partial charge on any atom is 0.310 e. The monoisotopic (exact) mass is 263 g/mol. The maximum atomic E-state index is 12.0. The predicted molar refractivity (Wildman–Crippen MR) is 61.4 cm³/mol. The molecule has 0 aromatic rings. The van der Waals surface area contributed by atoms with Crippen molar-refractivity contribution in [1.82, 2.24) is 5.32 Å². The van der Waals surface area contributed by atoms with Crippen molar-refractivity contribution in [3.8, 4) is 0 Å². The summed E-state index contributed by atoms with van der Waals surface area (Å²) < 4.78 is 23.9. The van der Waals surface area contributed by atoms with Crippen LogP contribution in [0, 0.1) is 5.41 Å². The van der Waals surface area contributed by atoms with Gasteiger partial charge < -0.3 is 10.4 Å². The largest absolute Gasteiger partial charge is 0.481 e. The fourth-order valence-corrected chi connectivity index (χ4v) is 2.43. The molecule has 1 aliphatic carbocycles. The van der Waals surface area contributed by atoms with E-state index in [4.69, 9.17) is 0 Å². The summed E-state index contributed by atoms with van der Waals surface area (Å²) in [5.41, 5.74) is -1.07. The van der Waals surface area contributed by atoms with Gasteiger partial charge in [0.2, 0.25) is 5.91 Å². The van der Waals surface area contributed by atoms with E-state index in [-0.39, 0.29) is 6.42 Å². The van der Waals surface area contributed by atoms with Crippen LogP contribution >= 0.6 is 0 Å². The third-order valence-electron chi connectivity index (χ3n) is 3.47. The summed E-state index contributed by atoms with van der Waals surface area (Å²) in [4.78, 5) is 22.9. The summed E-state index contributed by atoms with van der Waals surface area (Å²) in [5.74, 6) is -1.59. The molecule has 0 atom stereocenters. The number of carbonyl (C=O) groups is 2. The zero-order valence-electron chi connectivity index (χ0n) is 10.3. The van der Waals surface area contributed by atoms with Crippen molar-refractivity contribution in [2.75, 3.05) is 6.54 Å². The molecule has 0 heterocycles. The molecule has 0 unspecified atom stereocenters. The summed E-state index contributed by atoms with van der Waals surface area (Å²) in [6, 6.07) is 0. The minimum atomic E-state index is -2.61. The van der Waals surface area contributed by atoms with Crippen molar-refractivity contribution in [1.29, 1.82) is 0 Å². The van der Waals surface area contributed by atoms with Crippen LogP contribution < -0.4 is 5.32 Å². The van der Waals surface area contributed by atoms with Crippen LogP contribution in [0.2, 0.25) is 0 Å². The van der Waals surface area contributed by atoms with Crippen LogP contribution in [-0.4, -0.2) is 30.0 Å². The highest BCUT2D eigenvalue weighted by Gasteiger charge is 2.40. The number of aliphatic carboxylic acids is 1. The highest BCUT2D eigenvalue weighted by molar-refractivity contribution is 5.85. The topological polar surface area (TPSA) is 66.4 Å². The number of halogens is 2. The van der Waals surface area contributed by atoms with Gasteiger partial charge in [-0.3, -0.25) is 9.59 Å². The SMILES string of the molecule is O=C(CC1(C(=O)O)CCCCCC1)NCC(F)F. The predicted octanol–water partition coefficient (Wildman–Crippen LogP) is 2.18. The molecule has 0 saturated heterocycles. The van der Waals surface area contributed by atoms with Gasteiger partial charge in [-0.25, -0.2) is 8.78 Å². The van der Waals surface area contributed by atoms with Gasteiger partial charge in [-0.05, 0) is 12.8 Å². The molecular weight excluding hydrogens is 244 g/mol. The lowest BCUT2D eigenvalue weighted by atomic mass is 9.77. The first kappa shape index (κ1) is 14.9. The molecule has 18 heavy (non-hydrogen) atoms. The Morgan fingerprint density at radius 1 is 1.17 bits per heavy atom. The Morgan fingerprint density at radius 3 is 2.17 bits per heavy atom. The van der Waals surface area contributed by atoms with Gasteiger partial charge in [0, 0.05) is 6.42 Å². The first-order valence-electron chi connectivity index (χ1n) is 6.24. The first-order chi connectivity index (χ1) is 8.46. The second-order valence-corrected chi connectivity index (χ2v) is 4.87. The number of amides is 1. The van der Waals surface area contributed by atoms with Gasteiger partial charge in [0.05, 0.1) is 12.0 Å². The molecule has 1 saturated carbocycles. The minimum absolute atomic E-state index is 0.199. The molecule has 2 N–H and O–H groups in total. The molecule has 0 aliphatic heterocycles. The Bertz CT molecular complexity index is 300.